The number of ketones is 1. The van der Waals surface area contributed by atoms with Crippen LogP contribution in [0.25, 0.3) is 0 Å². The van der Waals surface area contributed by atoms with Crippen molar-refractivity contribution in [3.05, 3.63) is 23.3 Å². The first-order valence-corrected chi connectivity index (χ1v) is 5.88. The molecule has 0 fully saturated rings. The van der Waals surface area contributed by atoms with Crippen LogP contribution in [0, 0.1) is 0 Å². The summed E-state index contributed by atoms with van der Waals surface area (Å²) in [5.41, 5.74) is 2.71. The maximum absolute atomic E-state index is 10.6. The van der Waals surface area contributed by atoms with E-state index in [1.54, 1.807) is 6.92 Å². The Labute approximate surface area is 99.4 Å². The molecule has 0 aliphatic heterocycles. The number of Topliss-reactive ketones (excluding diaryl/α,β-unsaturated/α-hetero) is 1. The fourth-order valence-electron chi connectivity index (χ4n) is 1.19. The van der Waals surface area contributed by atoms with Crippen LogP contribution in [0.1, 0.15) is 47.0 Å². The van der Waals surface area contributed by atoms with E-state index >= 15 is 0 Å². The number of carbonyl (C=O) groups excluding carboxylic acids is 1. The molecule has 0 aromatic heterocycles. The topological polar surface area (TPSA) is 26.3 Å². The van der Waals surface area contributed by atoms with Crippen LogP contribution < -0.4 is 0 Å². The summed E-state index contributed by atoms with van der Waals surface area (Å²) < 4.78 is 5.33. The predicted octanol–water partition coefficient (Wildman–Crippen LogP) is 3.67. The van der Waals surface area contributed by atoms with Crippen molar-refractivity contribution in [3.8, 4) is 0 Å². The molecule has 0 amide bonds. The Kier molecular flexibility index (Phi) is 8.82. The molecule has 0 aromatic rings. The molecule has 0 bridgehead atoms. The third kappa shape index (κ3) is 11.2. The van der Waals surface area contributed by atoms with Gasteiger partial charge in [0.25, 0.3) is 0 Å². The van der Waals surface area contributed by atoms with E-state index in [1.165, 1.54) is 11.1 Å². The van der Waals surface area contributed by atoms with E-state index in [1.807, 2.05) is 0 Å². The van der Waals surface area contributed by atoms with Crippen molar-refractivity contribution in [1.29, 1.82) is 0 Å². The Balaban J connectivity index is 3.55. The minimum atomic E-state index is 0.184. The summed E-state index contributed by atoms with van der Waals surface area (Å²) in [5, 5.41) is 0. The van der Waals surface area contributed by atoms with Crippen molar-refractivity contribution in [2.45, 2.75) is 47.0 Å². The lowest BCUT2D eigenvalue weighted by molar-refractivity contribution is -0.117. The van der Waals surface area contributed by atoms with E-state index in [4.69, 9.17) is 4.74 Å². The summed E-state index contributed by atoms with van der Waals surface area (Å²) in [6, 6.07) is 0. The summed E-state index contributed by atoms with van der Waals surface area (Å²) in [6.07, 6.45) is 7.04. The first-order valence-electron chi connectivity index (χ1n) is 5.88. The second-order valence-corrected chi connectivity index (χ2v) is 4.40. The zero-order chi connectivity index (χ0) is 12.4. The van der Waals surface area contributed by atoms with Gasteiger partial charge in [-0.3, -0.25) is 4.79 Å². The Bertz CT molecular complexity index is 258. The third-order valence-corrected chi connectivity index (χ3v) is 2.24. The van der Waals surface area contributed by atoms with Gasteiger partial charge < -0.3 is 4.74 Å². The zero-order valence-electron chi connectivity index (χ0n) is 11.0. The van der Waals surface area contributed by atoms with Gasteiger partial charge in [-0.15, -0.1) is 0 Å². The molecule has 0 aliphatic carbocycles. The van der Waals surface area contributed by atoms with Crippen molar-refractivity contribution in [1.82, 2.24) is 0 Å². The Morgan fingerprint density at radius 2 is 1.75 bits per heavy atom. The molecule has 0 saturated carbocycles. The van der Waals surface area contributed by atoms with Crippen molar-refractivity contribution in [3.63, 3.8) is 0 Å². The number of allylic oxidation sites excluding steroid dienone is 3. The Hall–Kier alpha value is -0.890. The first-order chi connectivity index (χ1) is 7.52. The molecule has 0 atom stereocenters. The number of rotatable bonds is 8. The minimum absolute atomic E-state index is 0.184. The summed E-state index contributed by atoms with van der Waals surface area (Å²) >= 11 is 0. The molecule has 0 rings (SSSR count). The standard InChI is InChI=1S/C14H24O2/c1-12(2)6-5-7-13(3)8-10-16-11-9-14(4)15/h6,8H,5,7,9-11H2,1-4H3/b13-8+. The van der Waals surface area contributed by atoms with E-state index in [-0.39, 0.29) is 5.78 Å². The van der Waals surface area contributed by atoms with Crippen LogP contribution in [0.2, 0.25) is 0 Å². The van der Waals surface area contributed by atoms with E-state index in [0.717, 1.165) is 12.8 Å². The van der Waals surface area contributed by atoms with Crippen molar-refractivity contribution >= 4 is 5.78 Å². The molecule has 16 heavy (non-hydrogen) atoms. The van der Waals surface area contributed by atoms with Crippen molar-refractivity contribution < 1.29 is 9.53 Å². The molecule has 2 nitrogen and oxygen atoms in total. The average Bonchev–Trinajstić information content (AvgIpc) is 2.16. The van der Waals surface area contributed by atoms with Gasteiger partial charge >= 0.3 is 0 Å². The van der Waals surface area contributed by atoms with Crippen LogP contribution in [0.5, 0.6) is 0 Å². The number of hydrogen-bond acceptors (Lipinski definition) is 2. The molecule has 0 aliphatic rings. The smallest absolute Gasteiger partial charge is 0.132 e. The molecule has 0 aromatic carbocycles. The number of hydrogen-bond donors (Lipinski definition) is 0. The first kappa shape index (κ1) is 15.1. The maximum atomic E-state index is 10.6. The highest BCUT2D eigenvalue weighted by Crippen LogP contribution is 2.06. The monoisotopic (exact) mass is 224 g/mol. The Morgan fingerprint density at radius 3 is 2.31 bits per heavy atom. The van der Waals surface area contributed by atoms with Crippen LogP contribution >= 0.6 is 0 Å². The second-order valence-electron chi connectivity index (χ2n) is 4.40. The summed E-state index contributed by atoms with van der Waals surface area (Å²) in [6.45, 7) is 9.09. The van der Waals surface area contributed by atoms with Crippen LogP contribution in [0.4, 0.5) is 0 Å². The molecule has 0 radical (unpaired) electrons. The summed E-state index contributed by atoms with van der Waals surface area (Å²) in [5.74, 6) is 0.184. The maximum Gasteiger partial charge on any atom is 0.132 e. The molecule has 2 heteroatoms. The average molecular weight is 224 g/mol. The highest BCUT2D eigenvalue weighted by Gasteiger charge is 1.93. The number of carbonyl (C=O) groups is 1. The van der Waals surface area contributed by atoms with Gasteiger partial charge in [-0.25, -0.2) is 0 Å². The molecule has 0 saturated heterocycles. The van der Waals surface area contributed by atoms with Crippen LogP contribution in [0.3, 0.4) is 0 Å². The summed E-state index contributed by atoms with van der Waals surface area (Å²) in [7, 11) is 0. The lowest BCUT2D eigenvalue weighted by Gasteiger charge is -2.01. The fourth-order valence-corrected chi connectivity index (χ4v) is 1.19. The Morgan fingerprint density at radius 1 is 1.06 bits per heavy atom. The quantitative estimate of drug-likeness (QED) is 0.464. The predicted molar refractivity (Wildman–Crippen MR) is 68.5 cm³/mol. The van der Waals surface area contributed by atoms with E-state index in [2.05, 4.69) is 32.9 Å². The highest BCUT2D eigenvalue weighted by atomic mass is 16.5. The molecule has 0 spiro atoms. The van der Waals surface area contributed by atoms with E-state index in [9.17, 15) is 4.79 Å². The van der Waals surface area contributed by atoms with Gasteiger partial charge in [-0.05, 0) is 40.5 Å². The summed E-state index contributed by atoms with van der Waals surface area (Å²) in [4.78, 5) is 10.6. The van der Waals surface area contributed by atoms with Gasteiger partial charge in [0.05, 0.1) is 13.2 Å². The van der Waals surface area contributed by atoms with Gasteiger partial charge in [0.2, 0.25) is 0 Å². The van der Waals surface area contributed by atoms with Gasteiger partial charge in [0, 0.05) is 6.42 Å². The normalized spacial score (nSPS) is 11.4. The van der Waals surface area contributed by atoms with Crippen LogP contribution in [-0.4, -0.2) is 19.0 Å². The zero-order valence-corrected chi connectivity index (χ0v) is 11.0. The van der Waals surface area contributed by atoms with Gasteiger partial charge in [0.15, 0.2) is 0 Å². The fraction of sp³-hybridized carbons (Fsp3) is 0.643. The van der Waals surface area contributed by atoms with Crippen molar-refractivity contribution in [2.75, 3.05) is 13.2 Å². The SMILES string of the molecule is CC(=O)CCOC/C=C(\C)CCC=C(C)C. The van der Waals surface area contributed by atoms with Gasteiger partial charge in [0.1, 0.15) is 5.78 Å². The van der Waals surface area contributed by atoms with Crippen LogP contribution in [-0.2, 0) is 9.53 Å². The molecular weight excluding hydrogens is 200 g/mol. The van der Waals surface area contributed by atoms with E-state index in [0.29, 0.717) is 19.6 Å². The lowest BCUT2D eigenvalue weighted by atomic mass is 10.1. The molecule has 92 valence electrons. The molecular formula is C14H24O2. The largest absolute Gasteiger partial charge is 0.377 e. The van der Waals surface area contributed by atoms with Crippen molar-refractivity contribution in [2.24, 2.45) is 0 Å². The molecule has 0 N–H and O–H groups in total. The lowest BCUT2D eigenvalue weighted by Crippen LogP contribution is -2.00. The third-order valence-electron chi connectivity index (χ3n) is 2.24. The minimum Gasteiger partial charge on any atom is -0.377 e. The van der Waals surface area contributed by atoms with Gasteiger partial charge in [-0.1, -0.05) is 23.3 Å². The highest BCUT2D eigenvalue weighted by molar-refractivity contribution is 5.75. The van der Waals surface area contributed by atoms with E-state index < -0.39 is 0 Å². The second kappa shape index (κ2) is 9.34. The molecule has 0 unspecified atom stereocenters. The number of ether oxygens (including phenoxy) is 1. The van der Waals surface area contributed by atoms with Gasteiger partial charge in [-0.2, -0.15) is 0 Å². The molecule has 0 heterocycles. The van der Waals surface area contributed by atoms with Crippen LogP contribution in [0.15, 0.2) is 23.3 Å².